The number of ether oxygens (including phenoxy) is 1. The first-order valence-corrected chi connectivity index (χ1v) is 11.2. The van der Waals surface area contributed by atoms with Crippen molar-refractivity contribution >= 4 is 46.2 Å². The number of halogens is 2. The van der Waals surface area contributed by atoms with E-state index in [1.54, 1.807) is 12.1 Å². The molecule has 164 valence electrons. The van der Waals surface area contributed by atoms with Crippen LogP contribution in [0.5, 0.6) is 5.75 Å². The molecule has 0 atom stereocenters. The highest BCUT2D eigenvalue weighted by molar-refractivity contribution is 8.18. The summed E-state index contributed by atoms with van der Waals surface area (Å²) in [6, 6.07) is 14.0. The van der Waals surface area contributed by atoms with Crippen LogP contribution in [0.3, 0.4) is 0 Å². The van der Waals surface area contributed by atoms with Gasteiger partial charge in [-0.2, -0.15) is 0 Å². The first kappa shape index (κ1) is 22.2. The number of amides is 1. The zero-order valence-corrected chi connectivity index (χ0v) is 19.4. The summed E-state index contributed by atoms with van der Waals surface area (Å²) in [7, 11) is 0. The second-order valence-corrected chi connectivity index (χ2v) is 8.61. The van der Waals surface area contributed by atoms with Crippen molar-refractivity contribution in [1.82, 2.24) is 9.88 Å². The molecule has 0 saturated carbocycles. The molecule has 0 aliphatic carbocycles. The highest BCUT2D eigenvalue weighted by atomic mass is 35.5. The molecule has 3 aromatic rings. The number of carbonyl (C=O) groups excluding carboxylic acids is 1. The number of aromatic nitrogens is 1. The Labute approximate surface area is 195 Å². The number of rotatable bonds is 5. The van der Waals surface area contributed by atoms with E-state index in [0.717, 1.165) is 34.1 Å². The molecule has 0 spiro atoms. The molecule has 0 radical (unpaired) electrons. The van der Waals surface area contributed by atoms with Gasteiger partial charge in [-0.1, -0.05) is 11.6 Å². The molecule has 1 saturated heterocycles. The number of hydrogen-bond acceptors (Lipinski definition) is 4. The SMILES string of the molecule is CCOc1ccc(N=C2NC(=O)/C(=C/c3cc(C)n(-c4ccc(F)c(Cl)c4)c3C)S2)cc1. The van der Waals surface area contributed by atoms with Gasteiger partial charge in [-0.15, -0.1) is 0 Å². The number of aryl methyl sites for hydroxylation is 1. The van der Waals surface area contributed by atoms with E-state index in [2.05, 4.69) is 10.3 Å². The zero-order chi connectivity index (χ0) is 22.8. The van der Waals surface area contributed by atoms with E-state index in [1.807, 2.05) is 61.7 Å². The normalized spacial score (nSPS) is 16.1. The lowest BCUT2D eigenvalue weighted by Gasteiger charge is -2.10. The summed E-state index contributed by atoms with van der Waals surface area (Å²) in [6.07, 6.45) is 1.84. The summed E-state index contributed by atoms with van der Waals surface area (Å²) in [5.74, 6) is 0.117. The molecular formula is C24H21ClFN3O2S. The number of benzene rings is 2. The van der Waals surface area contributed by atoms with E-state index in [9.17, 15) is 9.18 Å². The van der Waals surface area contributed by atoms with Crippen molar-refractivity contribution in [1.29, 1.82) is 0 Å². The van der Waals surface area contributed by atoms with Crippen molar-refractivity contribution < 1.29 is 13.9 Å². The smallest absolute Gasteiger partial charge is 0.264 e. The van der Waals surface area contributed by atoms with Gasteiger partial charge in [0.2, 0.25) is 0 Å². The molecule has 2 heterocycles. The predicted molar refractivity (Wildman–Crippen MR) is 129 cm³/mol. The zero-order valence-electron chi connectivity index (χ0n) is 17.8. The molecule has 0 unspecified atom stereocenters. The molecule has 2 aromatic carbocycles. The van der Waals surface area contributed by atoms with Crippen LogP contribution in [0.2, 0.25) is 5.02 Å². The van der Waals surface area contributed by atoms with Crippen LogP contribution in [0.25, 0.3) is 11.8 Å². The summed E-state index contributed by atoms with van der Waals surface area (Å²) in [5, 5.41) is 3.39. The Morgan fingerprint density at radius 1 is 1.19 bits per heavy atom. The fourth-order valence-electron chi connectivity index (χ4n) is 3.48. The highest BCUT2D eigenvalue weighted by Crippen LogP contribution is 2.31. The number of hydrogen-bond donors (Lipinski definition) is 1. The monoisotopic (exact) mass is 469 g/mol. The molecule has 1 aromatic heterocycles. The van der Waals surface area contributed by atoms with Crippen molar-refractivity contribution in [2.75, 3.05) is 6.61 Å². The predicted octanol–water partition coefficient (Wildman–Crippen LogP) is 6.18. The van der Waals surface area contributed by atoms with Crippen molar-refractivity contribution in [2.24, 2.45) is 4.99 Å². The molecule has 0 bridgehead atoms. The van der Waals surface area contributed by atoms with Crippen molar-refractivity contribution in [3.63, 3.8) is 0 Å². The van der Waals surface area contributed by atoms with Crippen LogP contribution in [0.15, 0.2) is 58.4 Å². The largest absolute Gasteiger partial charge is 0.494 e. The average Bonchev–Trinajstić information content (AvgIpc) is 3.24. The van der Waals surface area contributed by atoms with Gasteiger partial charge in [-0.25, -0.2) is 9.38 Å². The molecule has 1 amide bonds. The van der Waals surface area contributed by atoms with Crippen LogP contribution in [0.4, 0.5) is 10.1 Å². The lowest BCUT2D eigenvalue weighted by molar-refractivity contribution is -0.115. The van der Waals surface area contributed by atoms with Gasteiger partial charge in [0.1, 0.15) is 11.6 Å². The average molecular weight is 470 g/mol. The van der Waals surface area contributed by atoms with Crippen molar-refractivity contribution in [2.45, 2.75) is 20.8 Å². The number of amidine groups is 1. The Morgan fingerprint density at radius 2 is 1.94 bits per heavy atom. The van der Waals surface area contributed by atoms with E-state index in [0.29, 0.717) is 16.7 Å². The van der Waals surface area contributed by atoms with Gasteiger partial charge in [0, 0.05) is 17.1 Å². The lowest BCUT2D eigenvalue weighted by Crippen LogP contribution is -2.19. The fourth-order valence-corrected chi connectivity index (χ4v) is 4.49. The molecule has 1 aliphatic heterocycles. The van der Waals surface area contributed by atoms with E-state index in [4.69, 9.17) is 16.3 Å². The number of thioether (sulfide) groups is 1. The number of nitrogens with one attached hydrogen (secondary N) is 1. The summed E-state index contributed by atoms with van der Waals surface area (Å²) >= 11 is 7.25. The second-order valence-electron chi connectivity index (χ2n) is 7.17. The fraction of sp³-hybridized carbons (Fsp3) is 0.167. The van der Waals surface area contributed by atoms with Crippen LogP contribution in [0.1, 0.15) is 23.9 Å². The first-order chi connectivity index (χ1) is 15.4. The maximum atomic E-state index is 13.6. The molecule has 32 heavy (non-hydrogen) atoms. The van der Waals surface area contributed by atoms with Crippen molar-refractivity contribution in [3.05, 3.63) is 81.2 Å². The maximum Gasteiger partial charge on any atom is 0.264 e. The van der Waals surface area contributed by atoms with E-state index >= 15 is 0 Å². The standard InChI is InChI=1S/C24H21ClFN3O2S/c1-4-31-19-8-5-17(6-9-19)27-24-28-23(30)22(32-24)12-16-11-14(2)29(15(16)3)18-7-10-21(26)20(25)13-18/h5-13H,4H2,1-3H3,(H,27,28,30)/b22-12-. The van der Waals surface area contributed by atoms with Gasteiger partial charge >= 0.3 is 0 Å². The van der Waals surface area contributed by atoms with E-state index < -0.39 is 5.82 Å². The van der Waals surface area contributed by atoms with E-state index in [1.165, 1.54) is 17.8 Å². The Balaban J connectivity index is 1.59. The van der Waals surface area contributed by atoms with Gasteiger partial charge in [0.05, 0.1) is 22.2 Å². The van der Waals surface area contributed by atoms with Gasteiger partial charge in [0.15, 0.2) is 5.17 Å². The molecule has 1 N–H and O–H groups in total. The van der Waals surface area contributed by atoms with Crippen LogP contribution in [0, 0.1) is 19.7 Å². The summed E-state index contributed by atoms with van der Waals surface area (Å²) < 4.78 is 21.0. The van der Waals surface area contributed by atoms with Gasteiger partial charge < -0.3 is 14.6 Å². The van der Waals surface area contributed by atoms with Crippen LogP contribution in [-0.4, -0.2) is 22.2 Å². The Hall–Kier alpha value is -3.03. The van der Waals surface area contributed by atoms with Crippen LogP contribution >= 0.6 is 23.4 Å². The molecule has 4 rings (SSSR count). The minimum Gasteiger partial charge on any atom is -0.494 e. The quantitative estimate of drug-likeness (QED) is 0.454. The third kappa shape index (κ3) is 4.59. The second kappa shape index (κ2) is 9.22. The summed E-state index contributed by atoms with van der Waals surface area (Å²) in [4.78, 5) is 17.6. The number of carbonyl (C=O) groups is 1. The molecule has 1 aliphatic rings. The van der Waals surface area contributed by atoms with Gasteiger partial charge in [0.25, 0.3) is 5.91 Å². The maximum absolute atomic E-state index is 13.6. The summed E-state index contributed by atoms with van der Waals surface area (Å²) in [6.45, 7) is 6.43. The molecule has 1 fully saturated rings. The third-order valence-electron chi connectivity index (χ3n) is 4.95. The van der Waals surface area contributed by atoms with Crippen LogP contribution < -0.4 is 10.1 Å². The molecular weight excluding hydrogens is 449 g/mol. The van der Waals surface area contributed by atoms with E-state index in [-0.39, 0.29) is 10.9 Å². The Bertz CT molecular complexity index is 1250. The third-order valence-corrected chi connectivity index (χ3v) is 6.15. The lowest BCUT2D eigenvalue weighted by atomic mass is 10.2. The first-order valence-electron chi connectivity index (χ1n) is 10.0. The molecule has 8 heteroatoms. The Morgan fingerprint density at radius 3 is 2.62 bits per heavy atom. The van der Waals surface area contributed by atoms with Crippen molar-refractivity contribution in [3.8, 4) is 11.4 Å². The van der Waals surface area contributed by atoms with Gasteiger partial charge in [-0.05, 0) is 92.7 Å². The Kier molecular flexibility index (Phi) is 6.39. The minimum absolute atomic E-state index is 0.0655. The summed E-state index contributed by atoms with van der Waals surface area (Å²) in [5.41, 5.74) is 4.25. The number of aliphatic imine (C=N–C) groups is 1. The number of nitrogens with zero attached hydrogens (tertiary/aromatic N) is 2. The minimum atomic E-state index is -0.460. The van der Waals surface area contributed by atoms with Gasteiger partial charge in [-0.3, -0.25) is 4.79 Å². The molecule has 5 nitrogen and oxygen atoms in total. The van der Waals surface area contributed by atoms with Crippen LogP contribution in [-0.2, 0) is 4.79 Å². The topological polar surface area (TPSA) is 55.6 Å². The highest BCUT2D eigenvalue weighted by Gasteiger charge is 2.24.